The summed E-state index contributed by atoms with van der Waals surface area (Å²) < 4.78 is 11.5. The third kappa shape index (κ3) is 6.12. The molecule has 4 rings (SSSR count). The van der Waals surface area contributed by atoms with Gasteiger partial charge in [0.2, 0.25) is 0 Å². The van der Waals surface area contributed by atoms with E-state index in [0.29, 0.717) is 29.1 Å². The number of aromatic carboxylic acids is 1. The molecule has 6 nitrogen and oxygen atoms in total. The van der Waals surface area contributed by atoms with Gasteiger partial charge >= 0.3 is 5.97 Å². The average molecular weight is 500 g/mol. The predicted octanol–water partition coefficient (Wildman–Crippen LogP) is 5.14. The minimum atomic E-state index is -1.03. The Kier molecular flexibility index (Phi) is 9.01. The van der Waals surface area contributed by atoms with E-state index in [2.05, 4.69) is 11.5 Å². The Bertz CT molecular complexity index is 1140. The summed E-state index contributed by atoms with van der Waals surface area (Å²) in [5, 5.41) is 11.1. The van der Waals surface area contributed by atoms with Crippen molar-refractivity contribution in [1.82, 2.24) is 4.90 Å². The minimum absolute atomic E-state index is 0. The number of thiophene rings is 1. The maximum atomic E-state index is 13.2. The van der Waals surface area contributed by atoms with Gasteiger partial charge in [0.25, 0.3) is 0 Å². The maximum Gasteiger partial charge on any atom is 0.335 e. The van der Waals surface area contributed by atoms with Crippen LogP contribution in [0.3, 0.4) is 0 Å². The van der Waals surface area contributed by atoms with E-state index in [-0.39, 0.29) is 23.8 Å². The Morgan fingerprint density at radius 1 is 1.06 bits per heavy atom. The molecule has 0 amide bonds. The molecule has 1 saturated heterocycles. The fraction of sp³-hybridized carbons (Fsp3) is 0.231. The van der Waals surface area contributed by atoms with Gasteiger partial charge in [-0.3, -0.25) is 9.69 Å². The highest BCUT2D eigenvalue weighted by Crippen LogP contribution is 2.34. The van der Waals surface area contributed by atoms with Crippen molar-refractivity contribution in [2.24, 2.45) is 0 Å². The van der Waals surface area contributed by atoms with Crippen LogP contribution in [0.4, 0.5) is 0 Å². The van der Waals surface area contributed by atoms with Gasteiger partial charge in [0.05, 0.1) is 18.8 Å². The highest BCUT2D eigenvalue weighted by atomic mass is 35.5. The molecule has 1 aromatic heterocycles. The largest absolute Gasteiger partial charge is 0.492 e. The standard InChI is InChI=1S/C26H25NO5S.ClH/c1-18(25(28)19-4-6-20(7-5-19)26(29)30)22-17-21(24-3-2-16-33-24)8-9-23(22)32-15-12-27-10-13-31-14-11-27;/h2-9,16-17H,1,10-15H2,(H,29,30);1H. The molecule has 2 heterocycles. The lowest BCUT2D eigenvalue weighted by Gasteiger charge is -2.26. The number of carbonyl (C=O) groups excluding carboxylic acids is 1. The first kappa shape index (κ1) is 25.6. The van der Waals surface area contributed by atoms with Gasteiger partial charge in [-0.25, -0.2) is 4.79 Å². The highest BCUT2D eigenvalue weighted by molar-refractivity contribution is 7.13. The van der Waals surface area contributed by atoms with E-state index in [1.165, 1.54) is 24.3 Å². The van der Waals surface area contributed by atoms with Crippen LogP contribution in [0.25, 0.3) is 16.0 Å². The molecule has 2 aromatic carbocycles. The second-order valence-corrected chi connectivity index (χ2v) is 8.63. The molecule has 178 valence electrons. The number of carboxylic acids is 1. The number of morpholine rings is 1. The van der Waals surface area contributed by atoms with Gasteiger partial charge < -0.3 is 14.6 Å². The zero-order chi connectivity index (χ0) is 23.2. The number of allylic oxidation sites excluding steroid dienone is 1. The molecule has 0 saturated carbocycles. The van der Waals surface area contributed by atoms with Gasteiger partial charge in [0.15, 0.2) is 5.78 Å². The number of hydrogen-bond acceptors (Lipinski definition) is 6. The number of Topliss-reactive ketones (excluding diaryl/α,β-unsaturated/α-hetero) is 1. The molecular weight excluding hydrogens is 474 g/mol. The summed E-state index contributed by atoms with van der Waals surface area (Å²) in [6, 6.07) is 15.7. The molecule has 0 aliphatic carbocycles. The number of ether oxygens (including phenoxy) is 2. The number of halogens is 1. The van der Waals surface area contributed by atoms with Crippen molar-refractivity contribution in [2.75, 3.05) is 39.5 Å². The van der Waals surface area contributed by atoms with E-state index < -0.39 is 5.97 Å². The Morgan fingerprint density at radius 2 is 1.76 bits per heavy atom. The molecule has 0 spiro atoms. The first-order valence-electron chi connectivity index (χ1n) is 10.7. The van der Waals surface area contributed by atoms with Crippen LogP contribution >= 0.6 is 23.7 Å². The van der Waals surface area contributed by atoms with Crippen molar-refractivity contribution in [3.05, 3.63) is 83.2 Å². The topological polar surface area (TPSA) is 76.1 Å². The highest BCUT2D eigenvalue weighted by Gasteiger charge is 2.19. The zero-order valence-corrected chi connectivity index (χ0v) is 20.2. The molecule has 1 fully saturated rings. The maximum absolute atomic E-state index is 13.2. The van der Waals surface area contributed by atoms with E-state index in [0.717, 1.165) is 43.3 Å². The molecule has 3 aromatic rings. The lowest BCUT2D eigenvalue weighted by molar-refractivity contribution is 0.0322. The van der Waals surface area contributed by atoms with Crippen molar-refractivity contribution >= 4 is 41.1 Å². The van der Waals surface area contributed by atoms with Gasteiger partial charge in [-0.2, -0.15) is 0 Å². The first-order chi connectivity index (χ1) is 16.0. The number of benzene rings is 2. The van der Waals surface area contributed by atoms with Crippen LogP contribution < -0.4 is 4.74 Å². The van der Waals surface area contributed by atoms with E-state index in [1.807, 2.05) is 35.7 Å². The summed E-state index contributed by atoms with van der Waals surface area (Å²) >= 11 is 1.62. The number of ketones is 1. The van der Waals surface area contributed by atoms with Gasteiger partial charge in [0, 0.05) is 41.2 Å². The van der Waals surface area contributed by atoms with Crippen LogP contribution in [0, 0.1) is 0 Å². The summed E-state index contributed by atoms with van der Waals surface area (Å²) in [6.07, 6.45) is 0. The molecule has 0 unspecified atom stereocenters. The minimum Gasteiger partial charge on any atom is -0.492 e. The second kappa shape index (κ2) is 11.9. The molecule has 0 radical (unpaired) electrons. The number of rotatable bonds is 9. The summed E-state index contributed by atoms with van der Waals surface area (Å²) in [5.74, 6) is -0.704. The number of carboxylic acid groups (broad SMARTS) is 1. The smallest absolute Gasteiger partial charge is 0.335 e. The van der Waals surface area contributed by atoms with Gasteiger partial charge in [-0.1, -0.05) is 24.8 Å². The van der Waals surface area contributed by atoms with E-state index in [1.54, 1.807) is 11.3 Å². The van der Waals surface area contributed by atoms with E-state index in [9.17, 15) is 9.59 Å². The lowest BCUT2D eigenvalue weighted by atomic mass is 9.95. The average Bonchev–Trinajstić information content (AvgIpc) is 3.39. The number of nitrogens with zero attached hydrogens (tertiary/aromatic N) is 1. The summed E-state index contributed by atoms with van der Waals surface area (Å²) in [7, 11) is 0. The summed E-state index contributed by atoms with van der Waals surface area (Å²) in [4.78, 5) is 27.7. The first-order valence-corrected chi connectivity index (χ1v) is 11.6. The summed E-state index contributed by atoms with van der Waals surface area (Å²) in [5.41, 5.74) is 2.43. The Morgan fingerprint density at radius 3 is 2.41 bits per heavy atom. The molecule has 8 heteroatoms. The monoisotopic (exact) mass is 499 g/mol. The quantitative estimate of drug-likeness (QED) is 0.324. The third-order valence-corrected chi connectivity index (χ3v) is 6.47. The fourth-order valence-corrected chi connectivity index (χ4v) is 4.38. The third-order valence-electron chi connectivity index (χ3n) is 5.55. The fourth-order valence-electron chi connectivity index (χ4n) is 3.66. The number of carbonyl (C=O) groups is 2. The summed E-state index contributed by atoms with van der Waals surface area (Å²) in [6.45, 7) is 8.54. The van der Waals surface area contributed by atoms with Crippen LogP contribution in [-0.4, -0.2) is 61.2 Å². The Balaban J connectivity index is 0.00000324. The Hall–Kier alpha value is -2.97. The molecule has 0 bridgehead atoms. The molecular formula is C26H26ClNO5S. The Labute approximate surface area is 208 Å². The van der Waals surface area contributed by atoms with Crippen molar-refractivity contribution in [3.8, 4) is 16.2 Å². The molecule has 0 atom stereocenters. The second-order valence-electron chi connectivity index (χ2n) is 7.68. The molecule has 1 aliphatic rings. The normalized spacial score (nSPS) is 13.6. The lowest BCUT2D eigenvalue weighted by Crippen LogP contribution is -2.38. The van der Waals surface area contributed by atoms with Crippen LogP contribution in [0.2, 0.25) is 0 Å². The van der Waals surface area contributed by atoms with Gasteiger partial charge in [-0.05, 0) is 47.3 Å². The van der Waals surface area contributed by atoms with Gasteiger partial charge in [-0.15, -0.1) is 23.7 Å². The van der Waals surface area contributed by atoms with Crippen LogP contribution in [0.5, 0.6) is 5.75 Å². The van der Waals surface area contributed by atoms with Crippen molar-refractivity contribution in [2.45, 2.75) is 0 Å². The van der Waals surface area contributed by atoms with Crippen LogP contribution in [0.15, 0.2) is 66.6 Å². The SMILES string of the molecule is C=C(C(=O)c1ccc(C(=O)O)cc1)c1cc(-c2cccs2)ccc1OCCN1CCOCC1.Cl. The van der Waals surface area contributed by atoms with E-state index >= 15 is 0 Å². The van der Waals surface area contributed by atoms with Crippen LogP contribution in [0.1, 0.15) is 26.3 Å². The molecule has 34 heavy (non-hydrogen) atoms. The predicted molar refractivity (Wildman–Crippen MR) is 137 cm³/mol. The van der Waals surface area contributed by atoms with Crippen molar-refractivity contribution < 1.29 is 24.2 Å². The van der Waals surface area contributed by atoms with Crippen molar-refractivity contribution in [3.63, 3.8) is 0 Å². The van der Waals surface area contributed by atoms with Crippen LogP contribution in [-0.2, 0) is 4.74 Å². The molecule has 1 aliphatic heterocycles. The zero-order valence-electron chi connectivity index (χ0n) is 18.6. The van der Waals surface area contributed by atoms with Crippen molar-refractivity contribution in [1.29, 1.82) is 0 Å². The number of hydrogen-bond donors (Lipinski definition) is 1. The van der Waals surface area contributed by atoms with Gasteiger partial charge in [0.1, 0.15) is 12.4 Å². The van der Waals surface area contributed by atoms with E-state index in [4.69, 9.17) is 14.6 Å². The molecule has 1 N–H and O–H groups in total.